The topological polar surface area (TPSA) is 82.2 Å². The number of hydrogen-bond acceptors (Lipinski definition) is 5. The molecule has 3 heterocycles. The van der Waals surface area contributed by atoms with Crippen LogP contribution < -0.4 is 10.1 Å². The molecule has 2 saturated heterocycles. The average molecular weight is 441 g/mol. The Balaban J connectivity index is 1.05. The second-order valence-electron chi connectivity index (χ2n) is 9.48. The fourth-order valence-electron chi connectivity index (χ4n) is 5.50. The fraction of sp³-hybridized carbons (Fsp3) is 0.625. The number of rotatable bonds is 6. The van der Waals surface area contributed by atoms with Gasteiger partial charge in [0.15, 0.2) is 0 Å². The Bertz CT molecular complexity index is 903. The molecule has 0 aromatic heterocycles. The summed E-state index contributed by atoms with van der Waals surface area (Å²) in [7, 11) is 0. The Morgan fingerprint density at radius 1 is 1.09 bits per heavy atom. The first-order valence-electron chi connectivity index (χ1n) is 11.9. The Morgan fingerprint density at radius 2 is 1.88 bits per heavy atom. The van der Waals surface area contributed by atoms with Gasteiger partial charge in [0.05, 0.1) is 6.61 Å². The molecule has 1 aromatic carbocycles. The predicted octanol–water partition coefficient (Wildman–Crippen LogP) is 1.91. The highest BCUT2D eigenvalue weighted by Gasteiger charge is 2.52. The summed E-state index contributed by atoms with van der Waals surface area (Å²) in [6, 6.07) is 6.15. The van der Waals surface area contributed by atoms with Crippen molar-refractivity contribution in [2.45, 2.75) is 57.0 Å². The van der Waals surface area contributed by atoms with Gasteiger partial charge in [-0.25, -0.2) is 4.79 Å². The molecule has 172 valence electrons. The maximum absolute atomic E-state index is 12.7. The van der Waals surface area contributed by atoms with Crippen molar-refractivity contribution in [1.82, 2.24) is 20.0 Å². The molecule has 1 aliphatic carbocycles. The van der Waals surface area contributed by atoms with Crippen LogP contribution in [-0.4, -0.2) is 77.4 Å². The molecular weight excluding hydrogens is 408 g/mol. The normalized spacial score (nSPS) is 22.4. The molecule has 0 bridgehead atoms. The molecule has 0 atom stereocenters. The SMILES string of the molecule is O=C(CCCN1C(=O)NC2(CCCC2)C1=O)N1CCN(Cc2ccc3c(c2)CCO3)CC1. The van der Waals surface area contributed by atoms with Gasteiger partial charge >= 0.3 is 6.03 Å². The molecule has 1 N–H and O–H groups in total. The zero-order chi connectivity index (χ0) is 22.1. The standard InChI is InChI=1S/C24H32N4O4/c29-21(4-3-10-28-22(30)24(25-23(28)31)8-1-2-9-24)27-13-11-26(12-14-27)17-18-5-6-20-19(16-18)7-15-32-20/h5-6,16H,1-4,7-15,17H2,(H,25,31). The van der Waals surface area contributed by atoms with E-state index in [1.54, 1.807) is 0 Å². The van der Waals surface area contributed by atoms with Gasteiger partial charge in [-0.3, -0.25) is 19.4 Å². The first kappa shape index (κ1) is 21.2. The molecule has 3 aliphatic heterocycles. The summed E-state index contributed by atoms with van der Waals surface area (Å²) in [5, 5.41) is 2.90. The van der Waals surface area contributed by atoms with Crippen molar-refractivity contribution in [3.8, 4) is 5.75 Å². The van der Waals surface area contributed by atoms with E-state index in [-0.39, 0.29) is 17.8 Å². The Labute approximate surface area is 188 Å². The lowest BCUT2D eigenvalue weighted by molar-refractivity contribution is -0.134. The van der Waals surface area contributed by atoms with E-state index in [9.17, 15) is 14.4 Å². The number of carbonyl (C=O) groups excluding carboxylic acids is 3. The van der Waals surface area contributed by atoms with E-state index in [0.717, 1.165) is 77.2 Å². The molecule has 32 heavy (non-hydrogen) atoms. The molecule has 8 heteroatoms. The van der Waals surface area contributed by atoms with Crippen LogP contribution >= 0.6 is 0 Å². The van der Waals surface area contributed by atoms with Crippen molar-refractivity contribution >= 4 is 17.8 Å². The van der Waals surface area contributed by atoms with Crippen molar-refractivity contribution in [2.24, 2.45) is 0 Å². The maximum atomic E-state index is 12.7. The number of urea groups is 1. The van der Waals surface area contributed by atoms with Crippen LogP contribution in [0.4, 0.5) is 4.79 Å². The highest BCUT2D eigenvalue weighted by atomic mass is 16.5. The van der Waals surface area contributed by atoms with Gasteiger partial charge in [0.25, 0.3) is 5.91 Å². The summed E-state index contributed by atoms with van der Waals surface area (Å²) in [6.45, 7) is 5.14. The molecule has 0 radical (unpaired) electrons. The lowest BCUT2D eigenvalue weighted by atomic mass is 9.98. The predicted molar refractivity (Wildman–Crippen MR) is 118 cm³/mol. The van der Waals surface area contributed by atoms with E-state index in [4.69, 9.17) is 4.74 Å². The molecule has 8 nitrogen and oxygen atoms in total. The lowest BCUT2D eigenvalue weighted by Gasteiger charge is -2.35. The van der Waals surface area contributed by atoms with E-state index < -0.39 is 5.54 Å². The number of amides is 4. The fourth-order valence-corrected chi connectivity index (χ4v) is 5.50. The highest BCUT2D eigenvalue weighted by Crippen LogP contribution is 2.35. The van der Waals surface area contributed by atoms with E-state index in [2.05, 4.69) is 28.4 Å². The number of fused-ring (bicyclic) bond motifs is 1. The number of nitrogens with zero attached hydrogens (tertiary/aromatic N) is 3. The third-order valence-corrected chi connectivity index (χ3v) is 7.36. The van der Waals surface area contributed by atoms with Gasteiger partial charge < -0.3 is 15.0 Å². The van der Waals surface area contributed by atoms with Crippen LogP contribution in [0.2, 0.25) is 0 Å². The third kappa shape index (κ3) is 4.08. The number of piperazine rings is 1. The van der Waals surface area contributed by atoms with Gasteiger partial charge in [-0.05, 0) is 36.5 Å². The van der Waals surface area contributed by atoms with Crippen LogP contribution in [0.1, 0.15) is 49.7 Å². The van der Waals surface area contributed by atoms with E-state index in [1.165, 1.54) is 16.0 Å². The third-order valence-electron chi connectivity index (χ3n) is 7.36. The monoisotopic (exact) mass is 440 g/mol. The van der Waals surface area contributed by atoms with Crippen LogP contribution in [0.25, 0.3) is 0 Å². The summed E-state index contributed by atoms with van der Waals surface area (Å²) in [6.07, 6.45) is 5.29. The van der Waals surface area contributed by atoms with Crippen molar-refractivity contribution < 1.29 is 19.1 Å². The minimum absolute atomic E-state index is 0.0980. The van der Waals surface area contributed by atoms with Crippen LogP contribution in [-0.2, 0) is 22.6 Å². The van der Waals surface area contributed by atoms with Gasteiger partial charge in [0, 0.05) is 52.1 Å². The summed E-state index contributed by atoms with van der Waals surface area (Å²) in [4.78, 5) is 43.2. The lowest BCUT2D eigenvalue weighted by Crippen LogP contribution is -2.48. The summed E-state index contributed by atoms with van der Waals surface area (Å²) in [5.74, 6) is 1.02. The van der Waals surface area contributed by atoms with Crippen molar-refractivity contribution in [2.75, 3.05) is 39.3 Å². The van der Waals surface area contributed by atoms with Gasteiger partial charge in [0.2, 0.25) is 5.91 Å². The van der Waals surface area contributed by atoms with Crippen molar-refractivity contribution in [1.29, 1.82) is 0 Å². The Kier molecular flexibility index (Phi) is 5.80. The first-order chi connectivity index (χ1) is 15.5. The second kappa shape index (κ2) is 8.73. The van der Waals surface area contributed by atoms with Gasteiger partial charge in [0.1, 0.15) is 11.3 Å². The number of nitrogens with one attached hydrogen (secondary N) is 1. The molecular formula is C24H32N4O4. The van der Waals surface area contributed by atoms with Crippen LogP contribution in [0.15, 0.2) is 18.2 Å². The molecule has 4 aliphatic rings. The second-order valence-corrected chi connectivity index (χ2v) is 9.48. The van der Waals surface area contributed by atoms with Crippen LogP contribution in [0.3, 0.4) is 0 Å². The van der Waals surface area contributed by atoms with E-state index in [0.29, 0.717) is 19.4 Å². The quantitative estimate of drug-likeness (QED) is 0.684. The van der Waals surface area contributed by atoms with Crippen LogP contribution in [0.5, 0.6) is 5.75 Å². The average Bonchev–Trinajstić information content (AvgIpc) is 3.51. The number of imide groups is 1. The maximum Gasteiger partial charge on any atom is 0.325 e. The molecule has 4 amide bonds. The van der Waals surface area contributed by atoms with Crippen molar-refractivity contribution in [3.05, 3.63) is 29.3 Å². The molecule has 1 saturated carbocycles. The summed E-state index contributed by atoms with van der Waals surface area (Å²) in [5.41, 5.74) is 1.92. The highest BCUT2D eigenvalue weighted by molar-refractivity contribution is 6.07. The van der Waals surface area contributed by atoms with Gasteiger partial charge in [-0.2, -0.15) is 0 Å². The van der Waals surface area contributed by atoms with Gasteiger partial charge in [-0.1, -0.05) is 25.0 Å². The zero-order valence-electron chi connectivity index (χ0n) is 18.6. The summed E-state index contributed by atoms with van der Waals surface area (Å²) < 4.78 is 5.58. The summed E-state index contributed by atoms with van der Waals surface area (Å²) >= 11 is 0. The number of hydrogen-bond donors (Lipinski definition) is 1. The minimum Gasteiger partial charge on any atom is -0.493 e. The zero-order valence-corrected chi connectivity index (χ0v) is 18.6. The minimum atomic E-state index is -0.663. The first-order valence-corrected chi connectivity index (χ1v) is 11.9. The molecule has 5 rings (SSSR count). The molecule has 1 aromatic rings. The Morgan fingerprint density at radius 3 is 2.66 bits per heavy atom. The Hall–Kier alpha value is -2.61. The molecule has 1 spiro atoms. The largest absolute Gasteiger partial charge is 0.493 e. The number of benzene rings is 1. The van der Waals surface area contributed by atoms with Gasteiger partial charge in [-0.15, -0.1) is 0 Å². The van der Waals surface area contributed by atoms with E-state index in [1.807, 2.05) is 4.90 Å². The smallest absolute Gasteiger partial charge is 0.325 e. The number of ether oxygens (including phenoxy) is 1. The van der Waals surface area contributed by atoms with Crippen LogP contribution in [0, 0.1) is 0 Å². The van der Waals surface area contributed by atoms with Crippen molar-refractivity contribution in [3.63, 3.8) is 0 Å². The molecule has 3 fully saturated rings. The van der Waals surface area contributed by atoms with E-state index >= 15 is 0 Å². The molecule has 0 unspecified atom stereocenters. The number of carbonyl (C=O) groups is 3.